The van der Waals surface area contributed by atoms with Crippen molar-refractivity contribution in [2.24, 2.45) is 0 Å². The molecule has 3 nitrogen and oxygen atoms in total. The molecule has 0 aliphatic heterocycles. The van der Waals surface area contributed by atoms with Crippen molar-refractivity contribution >= 4 is 5.97 Å². The standard InChI is InChI=1S/C18H28O3/c1-2-3-4-13-16-21-17-14-11-9-7-5-6-8-10-12-15-18(19)20/h3-4,9,11,13-14,16-17H,2,5-8,10,12,15H2,1H3,(H,19,20)/b4-3-,11-9-,16-13-,17-14+. The van der Waals surface area contributed by atoms with E-state index in [4.69, 9.17) is 9.84 Å². The zero-order chi connectivity index (χ0) is 15.6. The van der Waals surface area contributed by atoms with Gasteiger partial charge in [-0.15, -0.1) is 0 Å². The maximum absolute atomic E-state index is 10.3. The van der Waals surface area contributed by atoms with E-state index < -0.39 is 5.97 Å². The van der Waals surface area contributed by atoms with Crippen LogP contribution in [-0.2, 0) is 9.53 Å². The van der Waals surface area contributed by atoms with Crippen molar-refractivity contribution in [3.05, 3.63) is 49.0 Å². The molecule has 0 bridgehead atoms. The summed E-state index contributed by atoms with van der Waals surface area (Å²) in [4.78, 5) is 10.3. The highest BCUT2D eigenvalue weighted by Crippen LogP contribution is 2.07. The Bertz CT molecular complexity index is 351. The molecule has 0 aromatic heterocycles. The van der Waals surface area contributed by atoms with Crippen LogP contribution in [0.15, 0.2) is 49.0 Å². The number of hydrogen-bond acceptors (Lipinski definition) is 2. The van der Waals surface area contributed by atoms with E-state index >= 15 is 0 Å². The molecule has 0 saturated carbocycles. The van der Waals surface area contributed by atoms with Crippen LogP contribution in [0.5, 0.6) is 0 Å². The lowest BCUT2D eigenvalue weighted by Gasteiger charge is -1.97. The fourth-order valence-electron chi connectivity index (χ4n) is 1.68. The van der Waals surface area contributed by atoms with E-state index in [0.29, 0.717) is 6.42 Å². The molecule has 0 aliphatic carbocycles. The molecule has 3 heteroatoms. The summed E-state index contributed by atoms with van der Waals surface area (Å²) < 4.78 is 5.16. The Morgan fingerprint density at radius 3 is 2.19 bits per heavy atom. The summed E-state index contributed by atoms with van der Waals surface area (Å²) in [6, 6.07) is 0. The van der Waals surface area contributed by atoms with Crippen LogP contribution < -0.4 is 0 Å². The molecule has 0 rings (SSSR count). The fraction of sp³-hybridized carbons (Fsp3) is 0.500. The summed E-state index contributed by atoms with van der Waals surface area (Å²) in [5.41, 5.74) is 0. The minimum absolute atomic E-state index is 0.299. The Morgan fingerprint density at radius 2 is 1.52 bits per heavy atom. The molecule has 0 aromatic rings. The molecule has 1 N–H and O–H groups in total. The van der Waals surface area contributed by atoms with Crippen molar-refractivity contribution in [3.63, 3.8) is 0 Å². The summed E-state index contributed by atoms with van der Waals surface area (Å²) >= 11 is 0. The summed E-state index contributed by atoms with van der Waals surface area (Å²) in [5.74, 6) is -0.692. The molecule has 0 aliphatic rings. The summed E-state index contributed by atoms with van der Waals surface area (Å²) in [6.07, 6.45) is 22.8. The lowest BCUT2D eigenvalue weighted by atomic mass is 10.1. The smallest absolute Gasteiger partial charge is 0.303 e. The van der Waals surface area contributed by atoms with Gasteiger partial charge in [0.1, 0.15) is 0 Å². The number of rotatable bonds is 13. The van der Waals surface area contributed by atoms with Gasteiger partial charge in [-0.25, -0.2) is 0 Å². The summed E-state index contributed by atoms with van der Waals surface area (Å²) in [5, 5.41) is 8.50. The molecular formula is C18H28O3. The molecule has 0 spiro atoms. The molecule has 0 amide bonds. The lowest BCUT2D eigenvalue weighted by molar-refractivity contribution is -0.137. The van der Waals surface area contributed by atoms with Crippen molar-refractivity contribution in [3.8, 4) is 0 Å². The Balaban J connectivity index is 3.34. The van der Waals surface area contributed by atoms with E-state index in [2.05, 4.69) is 19.1 Å². The van der Waals surface area contributed by atoms with E-state index in [-0.39, 0.29) is 0 Å². The van der Waals surface area contributed by atoms with Gasteiger partial charge in [-0.3, -0.25) is 4.79 Å². The van der Waals surface area contributed by atoms with Crippen molar-refractivity contribution < 1.29 is 14.6 Å². The van der Waals surface area contributed by atoms with Crippen LogP contribution in [0.2, 0.25) is 0 Å². The van der Waals surface area contributed by atoms with Crippen molar-refractivity contribution in [1.82, 2.24) is 0 Å². The number of carbonyl (C=O) groups is 1. The normalized spacial score (nSPS) is 12.2. The van der Waals surface area contributed by atoms with Gasteiger partial charge in [-0.1, -0.05) is 50.5 Å². The third kappa shape index (κ3) is 18.2. The molecule has 0 unspecified atom stereocenters. The highest BCUT2D eigenvalue weighted by molar-refractivity contribution is 5.66. The highest BCUT2D eigenvalue weighted by atomic mass is 16.5. The van der Waals surface area contributed by atoms with Crippen molar-refractivity contribution in [2.45, 2.75) is 58.3 Å². The third-order valence-corrected chi connectivity index (χ3v) is 2.81. The SMILES string of the molecule is CC/C=C\C=C/O/C=C/C=C\CCCCCCCC(=O)O. The van der Waals surface area contributed by atoms with Gasteiger partial charge in [0.25, 0.3) is 0 Å². The number of carboxylic acid groups (broad SMARTS) is 1. The van der Waals surface area contributed by atoms with Crippen LogP contribution in [0.1, 0.15) is 58.3 Å². The van der Waals surface area contributed by atoms with Gasteiger partial charge < -0.3 is 9.84 Å². The second-order valence-corrected chi connectivity index (χ2v) is 4.76. The van der Waals surface area contributed by atoms with Gasteiger partial charge in [0.15, 0.2) is 0 Å². The molecule has 21 heavy (non-hydrogen) atoms. The van der Waals surface area contributed by atoms with Gasteiger partial charge in [-0.05, 0) is 37.8 Å². The Hall–Kier alpha value is -1.77. The lowest BCUT2D eigenvalue weighted by Crippen LogP contribution is -1.93. The quantitative estimate of drug-likeness (QED) is 0.282. The Labute approximate surface area is 128 Å². The number of hydrogen-bond donors (Lipinski definition) is 1. The first kappa shape index (κ1) is 19.2. The van der Waals surface area contributed by atoms with Crippen molar-refractivity contribution in [1.29, 1.82) is 0 Å². The third-order valence-electron chi connectivity index (χ3n) is 2.81. The average molecular weight is 292 g/mol. The summed E-state index contributed by atoms with van der Waals surface area (Å²) in [7, 11) is 0. The van der Waals surface area contributed by atoms with Gasteiger partial charge in [0, 0.05) is 6.42 Å². The van der Waals surface area contributed by atoms with Gasteiger partial charge >= 0.3 is 5.97 Å². The van der Waals surface area contributed by atoms with Gasteiger partial charge in [-0.2, -0.15) is 0 Å². The minimum atomic E-state index is -0.692. The van der Waals surface area contributed by atoms with E-state index in [1.165, 1.54) is 0 Å². The predicted molar refractivity (Wildman–Crippen MR) is 87.9 cm³/mol. The van der Waals surface area contributed by atoms with Crippen LogP contribution in [0, 0.1) is 0 Å². The molecular weight excluding hydrogens is 264 g/mol. The van der Waals surface area contributed by atoms with Crippen LogP contribution in [0.3, 0.4) is 0 Å². The Kier molecular flexibility index (Phi) is 14.9. The molecule has 0 radical (unpaired) electrons. The van der Waals surface area contributed by atoms with Crippen LogP contribution in [-0.4, -0.2) is 11.1 Å². The van der Waals surface area contributed by atoms with Crippen LogP contribution in [0.25, 0.3) is 0 Å². The largest absolute Gasteiger partial charge is 0.481 e. The fourth-order valence-corrected chi connectivity index (χ4v) is 1.68. The second-order valence-electron chi connectivity index (χ2n) is 4.76. The summed E-state index contributed by atoms with van der Waals surface area (Å²) in [6.45, 7) is 2.09. The monoisotopic (exact) mass is 292 g/mol. The zero-order valence-corrected chi connectivity index (χ0v) is 13.0. The first-order chi connectivity index (χ1) is 10.3. The number of carboxylic acids is 1. The average Bonchev–Trinajstić information content (AvgIpc) is 2.46. The number of allylic oxidation sites excluding steroid dienone is 6. The maximum atomic E-state index is 10.3. The van der Waals surface area contributed by atoms with E-state index in [9.17, 15) is 4.79 Å². The van der Waals surface area contributed by atoms with Gasteiger partial charge in [0.05, 0.1) is 12.5 Å². The number of unbranched alkanes of at least 4 members (excludes halogenated alkanes) is 5. The van der Waals surface area contributed by atoms with Crippen LogP contribution >= 0.6 is 0 Å². The first-order valence-corrected chi connectivity index (χ1v) is 7.78. The number of ether oxygens (including phenoxy) is 1. The molecule has 0 fully saturated rings. The van der Waals surface area contributed by atoms with Crippen molar-refractivity contribution in [2.75, 3.05) is 0 Å². The maximum Gasteiger partial charge on any atom is 0.303 e. The van der Waals surface area contributed by atoms with Gasteiger partial charge in [0.2, 0.25) is 0 Å². The van der Waals surface area contributed by atoms with E-state index in [0.717, 1.165) is 44.9 Å². The number of aliphatic carboxylic acids is 1. The molecule has 0 atom stereocenters. The highest BCUT2D eigenvalue weighted by Gasteiger charge is 1.95. The predicted octanol–water partition coefficient (Wildman–Crippen LogP) is 5.37. The minimum Gasteiger partial charge on any atom is -0.481 e. The molecule has 0 aromatic carbocycles. The first-order valence-electron chi connectivity index (χ1n) is 7.78. The van der Waals surface area contributed by atoms with Crippen LogP contribution in [0.4, 0.5) is 0 Å². The zero-order valence-electron chi connectivity index (χ0n) is 13.0. The second kappa shape index (κ2) is 16.3. The molecule has 118 valence electrons. The topological polar surface area (TPSA) is 46.5 Å². The van der Waals surface area contributed by atoms with E-state index in [1.807, 2.05) is 24.3 Å². The molecule has 0 heterocycles. The molecule has 0 saturated heterocycles. The Morgan fingerprint density at radius 1 is 0.905 bits per heavy atom. The van der Waals surface area contributed by atoms with E-state index in [1.54, 1.807) is 12.5 Å².